The van der Waals surface area contributed by atoms with Gasteiger partial charge >= 0.3 is 0 Å². The molecule has 112 valence electrons. The maximum Gasteiger partial charge on any atom is 0.147 e. The molecule has 1 saturated heterocycles. The molecule has 0 spiro atoms. The molecule has 1 aromatic rings. The Balaban J connectivity index is 1.82. The van der Waals surface area contributed by atoms with E-state index in [4.69, 9.17) is 0 Å². The minimum Gasteiger partial charge on any atom is -0.355 e. The van der Waals surface area contributed by atoms with E-state index in [0.29, 0.717) is 5.92 Å². The van der Waals surface area contributed by atoms with Crippen LogP contribution in [0.25, 0.3) is 0 Å². The van der Waals surface area contributed by atoms with E-state index < -0.39 is 0 Å². The molecule has 1 N–H and O–H groups in total. The predicted octanol–water partition coefficient (Wildman–Crippen LogP) is 2.85. The van der Waals surface area contributed by atoms with Gasteiger partial charge in [-0.2, -0.15) is 0 Å². The molecule has 1 fully saturated rings. The Kier molecular flexibility index (Phi) is 5.77. The first kappa shape index (κ1) is 15.2. The third kappa shape index (κ3) is 4.44. The van der Waals surface area contributed by atoms with E-state index >= 15 is 0 Å². The van der Waals surface area contributed by atoms with Crippen molar-refractivity contribution in [3.05, 3.63) is 18.1 Å². The van der Waals surface area contributed by atoms with Gasteiger partial charge in [-0.25, -0.2) is 4.98 Å². The first-order valence-corrected chi connectivity index (χ1v) is 7.95. The molecule has 1 aromatic heterocycles. The Labute approximate surface area is 123 Å². The standard InChI is InChI=1S/C16H28N4/c1-4-5-14-6-7-20(12-14)16-11-18-15(10-19-16)9-17-8-13(2)3/h10-11,13-14,17H,4-9,12H2,1-3H3. The molecule has 0 amide bonds. The lowest BCUT2D eigenvalue weighted by Crippen LogP contribution is -2.22. The molecule has 1 aliphatic heterocycles. The molecule has 1 aliphatic rings. The van der Waals surface area contributed by atoms with Crippen LogP contribution in [-0.4, -0.2) is 29.6 Å². The average Bonchev–Trinajstić information content (AvgIpc) is 2.88. The first-order chi connectivity index (χ1) is 9.69. The van der Waals surface area contributed by atoms with E-state index in [0.717, 1.165) is 43.6 Å². The third-order valence-corrected chi connectivity index (χ3v) is 3.86. The second kappa shape index (κ2) is 7.58. The zero-order valence-corrected chi connectivity index (χ0v) is 13.1. The summed E-state index contributed by atoms with van der Waals surface area (Å²) >= 11 is 0. The zero-order chi connectivity index (χ0) is 14.4. The molecule has 0 aromatic carbocycles. The van der Waals surface area contributed by atoms with Gasteiger partial charge in [-0.05, 0) is 31.2 Å². The smallest absolute Gasteiger partial charge is 0.147 e. The predicted molar refractivity (Wildman–Crippen MR) is 83.8 cm³/mol. The van der Waals surface area contributed by atoms with Gasteiger partial charge in [0, 0.05) is 19.6 Å². The molecule has 1 atom stereocenters. The van der Waals surface area contributed by atoms with Crippen molar-refractivity contribution in [2.24, 2.45) is 11.8 Å². The fraction of sp³-hybridized carbons (Fsp3) is 0.750. The summed E-state index contributed by atoms with van der Waals surface area (Å²) in [5, 5.41) is 3.40. The molecule has 0 bridgehead atoms. The quantitative estimate of drug-likeness (QED) is 0.831. The number of hydrogen-bond acceptors (Lipinski definition) is 4. The summed E-state index contributed by atoms with van der Waals surface area (Å²) < 4.78 is 0. The summed E-state index contributed by atoms with van der Waals surface area (Å²) in [4.78, 5) is 11.5. The van der Waals surface area contributed by atoms with Crippen LogP contribution < -0.4 is 10.2 Å². The van der Waals surface area contributed by atoms with E-state index in [1.807, 2.05) is 12.4 Å². The lowest BCUT2D eigenvalue weighted by Gasteiger charge is -2.17. The van der Waals surface area contributed by atoms with Gasteiger partial charge in [0.25, 0.3) is 0 Å². The SMILES string of the molecule is CCCC1CCN(c2cnc(CNCC(C)C)cn2)C1. The number of nitrogens with one attached hydrogen (secondary N) is 1. The highest BCUT2D eigenvalue weighted by Gasteiger charge is 2.22. The maximum atomic E-state index is 4.58. The van der Waals surface area contributed by atoms with Crippen LogP contribution in [0.5, 0.6) is 0 Å². The van der Waals surface area contributed by atoms with E-state index in [1.165, 1.54) is 19.3 Å². The Bertz CT molecular complexity index is 388. The van der Waals surface area contributed by atoms with Crippen molar-refractivity contribution in [2.75, 3.05) is 24.5 Å². The summed E-state index contributed by atoms with van der Waals surface area (Å²) in [6.45, 7) is 10.8. The molecule has 1 unspecified atom stereocenters. The highest BCUT2D eigenvalue weighted by molar-refractivity contribution is 5.37. The van der Waals surface area contributed by atoms with Crippen LogP contribution in [0.2, 0.25) is 0 Å². The molecular weight excluding hydrogens is 248 g/mol. The molecule has 0 aliphatic carbocycles. The van der Waals surface area contributed by atoms with Gasteiger partial charge in [0.2, 0.25) is 0 Å². The average molecular weight is 276 g/mol. The first-order valence-electron chi connectivity index (χ1n) is 7.95. The normalized spacial score (nSPS) is 19.0. The molecule has 4 nitrogen and oxygen atoms in total. The highest BCUT2D eigenvalue weighted by Crippen LogP contribution is 2.24. The summed E-state index contributed by atoms with van der Waals surface area (Å²) in [6.07, 6.45) is 7.76. The van der Waals surface area contributed by atoms with Crippen LogP contribution in [-0.2, 0) is 6.54 Å². The molecule has 2 heterocycles. The van der Waals surface area contributed by atoms with E-state index in [9.17, 15) is 0 Å². The molecule has 0 saturated carbocycles. The largest absolute Gasteiger partial charge is 0.355 e. The molecule has 4 heteroatoms. The van der Waals surface area contributed by atoms with Crippen LogP contribution in [0.1, 0.15) is 45.7 Å². The third-order valence-electron chi connectivity index (χ3n) is 3.86. The van der Waals surface area contributed by atoms with Gasteiger partial charge in [0.05, 0.1) is 18.1 Å². The summed E-state index contributed by atoms with van der Waals surface area (Å²) in [5.74, 6) is 2.55. The number of aromatic nitrogens is 2. The van der Waals surface area contributed by atoms with Crippen LogP contribution in [0, 0.1) is 11.8 Å². The summed E-state index contributed by atoms with van der Waals surface area (Å²) in [5.41, 5.74) is 1.03. The second-order valence-corrected chi connectivity index (χ2v) is 6.28. The number of anilines is 1. The summed E-state index contributed by atoms with van der Waals surface area (Å²) in [7, 11) is 0. The van der Waals surface area contributed by atoms with Crippen LogP contribution in [0.15, 0.2) is 12.4 Å². The lowest BCUT2D eigenvalue weighted by atomic mass is 10.0. The fourth-order valence-electron chi connectivity index (χ4n) is 2.78. The fourth-order valence-corrected chi connectivity index (χ4v) is 2.78. The number of hydrogen-bond donors (Lipinski definition) is 1. The second-order valence-electron chi connectivity index (χ2n) is 6.28. The lowest BCUT2D eigenvalue weighted by molar-refractivity contribution is 0.529. The van der Waals surface area contributed by atoms with E-state index in [1.54, 1.807) is 0 Å². The molecule has 0 radical (unpaired) electrons. The van der Waals surface area contributed by atoms with Crippen molar-refractivity contribution < 1.29 is 0 Å². The molecule has 20 heavy (non-hydrogen) atoms. The van der Waals surface area contributed by atoms with E-state index in [2.05, 4.69) is 41.0 Å². The minimum absolute atomic E-state index is 0.669. The molecule has 2 rings (SSSR count). The van der Waals surface area contributed by atoms with Crippen molar-refractivity contribution >= 4 is 5.82 Å². The van der Waals surface area contributed by atoms with Crippen LogP contribution in [0.4, 0.5) is 5.82 Å². The van der Waals surface area contributed by atoms with Gasteiger partial charge < -0.3 is 10.2 Å². The minimum atomic E-state index is 0.669. The highest BCUT2D eigenvalue weighted by atomic mass is 15.2. The van der Waals surface area contributed by atoms with Crippen LogP contribution >= 0.6 is 0 Å². The van der Waals surface area contributed by atoms with Gasteiger partial charge in [-0.15, -0.1) is 0 Å². The van der Waals surface area contributed by atoms with Gasteiger partial charge in [0.1, 0.15) is 5.82 Å². The number of nitrogens with zero attached hydrogens (tertiary/aromatic N) is 3. The van der Waals surface area contributed by atoms with Crippen molar-refractivity contribution in [1.82, 2.24) is 15.3 Å². The Morgan fingerprint density at radius 2 is 2.20 bits per heavy atom. The van der Waals surface area contributed by atoms with Gasteiger partial charge in [-0.1, -0.05) is 27.2 Å². The Morgan fingerprint density at radius 1 is 1.35 bits per heavy atom. The monoisotopic (exact) mass is 276 g/mol. The zero-order valence-electron chi connectivity index (χ0n) is 13.1. The molecular formula is C16H28N4. The van der Waals surface area contributed by atoms with Crippen molar-refractivity contribution in [3.63, 3.8) is 0 Å². The Hall–Kier alpha value is -1.16. The Morgan fingerprint density at radius 3 is 2.85 bits per heavy atom. The van der Waals surface area contributed by atoms with Gasteiger partial charge in [0.15, 0.2) is 0 Å². The van der Waals surface area contributed by atoms with E-state index in [-0.39, 0.29) is 0 Å². The topological polar surface area (TPSA) is 41.1 Å². The van der Waals surface area contributed by atoms with Crippen LogP contribution in [0.3, 0.4) is 0 Å². The van der Waals surface area contributed by atoms with Crippen molar-refractivity contribution in [1.29, 1.82) is 0 Å². The van der Waals surface area contributed by atoms with Gasteiger partial charge in [-0.3, -0.25) is 4.98 Å². The maximum absolute atomic E-state index is 4.58. The van der Waals surface area contributed by atoms with Crippen molar-refractivity contribution in [3.8, 4) is 0 Å². The van der Waals surface area contributed by atoms with Crippen molar-refractivity contribution in [2.45, 2.75) is 46.6 Å². The summed E-state index contributed by atoms with van der Waals surface area (Å²) in [6, 6.07) is 0. The number of rotatable bonds is 7.